The number of nitriles is 1. The largest absolute Gasteiger partial charge is 0.219 e. The minimum absolute atomic E-state index is 0.182. The molecule has 0 atom stereocenters. The SMILES string of the molecule is Cc1nnc(C(C)(C)C)c(C#N)n1. The van der Waals surface area contributed by atoms with Crippen LogP contribution >= 0.6 is 0 Å². The topological polar surface area (TPSA) is 62.5 Å². The van der Waals surface area contributed by atoms with Crippen LogP contribution < -0.4 is 0 Å². The molecule has 0 aliphatic carbocycles. The average molecular weight is 176 g/mol. The molecule has 0 unspecified atom stereocenters. The molecule has 0 aliphatic heterocycles. The summed E-state index contributed by atoms with van der Waals surface area (Å²) < 4.78 is 0. The molecule has 0 fully saturated rings. The Morgan fingerprint density at radius 3 is 2.31 bits per heavy atom. The zero-order chi connectivity index (χ0) is 10.1. The van der Waals surface area contributed by atoms with Gasteiger partial charge in [0.25, 0.3) is 0 Å². The number of aromatic nitrogens is 3. The lowest BCUT2D eigenvalue weighted by molar-refractivity contribution is 0.548. The predicted octanol–water partition coefficient (Wildman–Crippen LogP) is 1.35. The number of rotatable bonds is 0. The Balaban J connectivity index is 3.32. The molecule has 13 heavy (non-hydrogen) atoms. The molecule has 1 aromatic heterocycles. The van der Waals surface area contributed by atoms with Gasteiger partial charge in [0.1, 0.15) is 17.6 Å². The Hall–Kier alpha value is -1.50. The first-order valence-electron chi connectivity index (χ1n) is 4.07. The Kier molecular flexibility index (Phi) is 2.28. The molecule has 0 aliphatic rings. The number of aryl methyl sites for hydroxylation is 1. The summed E-state index contributed by atoms with van der Waals surface area (Å²) in [5, 5.41) is 16.7. The van der Waals surface area contributed by atoms with Crippen LogP contribution in [-0.2, 0) is 5.41 Å². The van der Waals surface area contributed by atoms with Crippen molar-refractivity contribution in [2.75, 3.05) is 0 Å². The van der Waals surface area contributed by atoms with Crippen LogP contribution in [0.4, 0.5) is 0 Å². The molecule has 0 radical (unpaired) electrons. The second kappa shape index (κ2) is 3.09. The van der Waals surface area contributed by atoms with Crippen molar-refractivity contribution in [1.29, 1.82) is 5.26 Å². The third-order valence-corrected chi connectivity index (χ3v) is 1.61. The molecule has 4 nitrogen and oxygen atoms in total. The molecule has 1 rings (SSSR count). The highest BCUT2D eigenvalue weighted by Crippen LogP contribution is 2.21. The van der Waals surface area contributed by atoms with Crippen molar-refractivity contribution >= 4 is 0 Å². The van der Waals surface area contributed by atoms with Crippen LogP contribution in [0.1, 0.15) is 38.0 Å². The van der Waals surface area contributed by atoms with E-state index in [4.69, 9.17) is 5.26 Å². The van der Waals surface area contributed by atoms with E-state index in [1.54, 1.807) is 6.92 Å². The lowest BCUT2D eigenvalue weighted by Gasteiger charge is -2.16. The molecule has 0 saturated heterocycles. The first-order chi connectivity index (χ1) is 5.95. The summed E-state index contributed by atoms with van der Waals surface area (Å²) in [5.41, 5.74) is 0.847. The highest BCUT2D eigenvalue weighted by Gasteiger charge is 2.21. The smallest absolute Gasteiger partial charge is 0.166 e. The molecule has 0 spiro atoms. The highest BCUT2D eigenvalue weighted by molar-refractivity contribution is 5.29. The maximum atomic E-state index is 8.83. The predicted molar refractivity (Wildman–Crippen MR) is 48.0 cm³/mol. The summed E-state index contributed by atoms with van der Waals surface area (Å²) in [4.78, 5) is 4.02. The van der Waals surface area contributed by atoms with Gasteiger partial charge in [-0.3, -0.25) is 0 Å². The second-order valence-electron chi connectivity index (χ2n) is 3.92. The molecule has 0 N–H and O–H groups in total. The van der Waals surface area contributed by atoms with Gasteiger partial charge in [0.2, 0.25) is 0 Å². The van der Waals surface area contributed by atoms with E-state index in [0.717, 1.165) is 0 Å². The Labute approximate surface area is 77.6 Å². The van der Waals surface area contributed by atoms with E-state index >= 15 is 0 Å². The third-order valence-electron chi connectivity index (χ3n) is 1.61. The van der Waals surface area contributed by atoms with Gasteiger partial charge >= 0.3 is 0 Å². The molecule has 4 heteroatoms. The minimum atomic E-state index is -0.182. The van der Waals surface area contributed by atoms with E-state index in [1.165, 1.54) is 0 Å². The molecule has 68 valence electrons. The first kappa shape index (κ1) is 9.59. The van der Waals surface area contributed by atoms with Gasteiger partial charge < -0.3 is 0 Å². The van der Waals surface area contributed by atoms with Crippen LogP contribution in [-0.4, -0.2) is 15.2 Å². The molecule has 1 heterocycles. The number of hydrogen-bond acceptors (Lipinski definition) is 4. The van der Waals surface area contributed by atoms with Crippen LogP contribution in [0.2, 0.25) is 0 Å². The van der Waals surface area contributed by atoms with E-state index in [1.807, 2.05) is 26.8 Å². The summed E-state index contributed by atoms with van der Waals surface area (Å²) in [6.45, 7) is 7.67. The van der Waals surface area contributed by atoms with Gasteiger partial charge in [-0.15, -0.1) is 5.10 Å². The van der Waals surface area contributed by atoms with Gasteiger partial charge in [-0.1, -0.05) is 20.8 Å². The monoisotopic (exact) mass is 176 g/mol. The molecule has 0 amide bonds. The second-order valence-corrected chi connectivity index (χ2v) is 3.92. The minimum Gasteiger partial charge on any atom is -0.219 e. The zero-order valence-corrected chi connectivity index (χ0v) is 8.29. The van der Waals surface area contributed by atoms with Crippen molar-refractivity contribution < 1.29 is 0 Å². The summed E-state index contributed by atoms with van der Waals surface area (Å²) >= 11 is 0. The molecule has 0 bridgehead atoms. The standard InChI is InChI=1S/C9H12N4/c1-6-11-7(5-10)8(13-12-6)9(2,3)4/h1-4H3. The summed E-state index contributed by atoms with van der Waals surface area (Å²) in [7, 11) is 0. The molecule has 0 aromatic carbocycles. The van der Waals surface area contributed by atoms with Gasteiger partial charge in [0.05, 0.1) is 0 Å². The fourth-order valence-corrected chi connectivity index (χ4v) is 0.990. The lowest BCUT2D eigenvalue weighted by Crippen LogP contribution is -2.18. The van der Waals surface area contributed by atoms with Crippen molar-refractivity contribution in [3.8, 4) is 6.07 Å². The molecular weight excluding hydrogens is 164 g/mol. The Morgan fingerprint density at radius 2 is 1.85 bits per heavy atom. The lowest BCUT2D eigenvalue weighted by atomic mass is 9.91. The Bertz CT molecular complexity index is 357. The van der Waals surface area contributed by atoms with Crippen LogP contribution in [0.3, 0.4) is 0 Å². The van der Waals surface area contributed by atoms with Crippen molar-refractivity contribution in [2.24, 2.45) is 0 Å². The van der Waals surface area contributed by atoms with E-state index in [0.29, 0.717) is 17.2 Å². The van der Waals surface area contributed by atoms with E-state index < -0.39 is 0 Å². The summed E-state index contributed by atoms with van der Waals surface area (Å²) in [5.74, 6) is 0.532. The van der Waals surface area contributed by atoms with Crippen LogP contribution in [0, 0.1) is 18.3 Å². The fourth-order valence-electron chi connectivity index (χ4n) is 0.990. The van der Waals surface area contributed by atoms with Crippen LogP contribution in [0.5, 0.6) is 0 Å². The van der Waals surface area contributed by atoms with E-state index in [2.05, 4.69) is 15.2 Å². The normalized spacial score (nSPS) is 11.0. The maximum absolute atomic E-state index is 8.83. The van der Waals surface area contributed by atoms with Crippen molar-refractivity contribution in [1.82, 2.24) is 15.2 Å². The molecule has 1 aromatic rings. The van der Waals surface area contributed by atoms with Gasteiger partial charge in [0.15, 0.2) is 5.69 Å². The van der Waals surface area contributed by atoms with Crippen LogP contribution in [0.15, 0.2) is 0 Å². The van der Waals surface area contributed by atoms with Gasteiger partial charge in [-0.25, -0.2) is 4.98 Å². The quantitative estimate of drug-likeness (QED) is 0.598. The Morgan fingerprint density at radius 1 is 1.23 bits per heavy atom. The zero-order valence-electron chi connectivity index (χ0n) is 8.29. The fraction of sp³-hybridized carbons (Fsp3) is 0.556. The van der Waals surface area contributed by atoms with E-state index in [-0.39, 0.29) is 5.41 Å². The average Bonchev–Trinajstić information content (AvgIpc) is 2.01. The third kappa shape index (κ3) is 2.00. The molecular formula is C9H12N4. The van der Waals surface area contributed by atoms with E-state index in [9.17, 15) is 0 Å². The van der Waals surface area contributed by atoms with Crippen molar-refractivity contribution in [2.45, 2.75) is 33.1 Å². The molecule has 0 saturated carbocycles. The van der Waals surface area contributed by atoms with Crippen LogP contribution in [0.25, 0.3) is 0 Å². The van der Waals surface area contributed by atoms with Gasteiger partial charge in [0, 0.05) is 5.41 Å². The van der Waals surface area contributed by atoms with Crippen molar-refractivity contribution in [3.63, 3.8) is 0 Å². The number of nitrogens with zero attached hydrogens (tertiary/aromatic N) is 4. The van der Waals surface area contributed by atoms with Gasteiger partial charge in [-0.2, -0.15) is 10.4 Å². The van der Waals surface area contributed by atoms with Crippen molar-refractivity contribution in [3.05, 3.63) is 17.2 Å². The first-order valence-corrected chi connectivity index (χ1v) is 4.07. The highest BCUT2D eigenvalue weighted by atomic mass is 15.2. The number of hydrogen-bond donors (Lipinski definition) is 0. The maximum Gasteiger partial charge on any atom is 0.166 e. The summed E-state index contributed by atoms with van der Waals surface area (Å²) in [6.07, 6.45) is 0. The summed E-state index contributed by atoms with van der Waals surface area (Å²) in [6, 6.07) is 2.03. The van der Waals surface area contributed by atoms with Gasteiger partial charge in [-0.05, 0) is 6.92 Å².